The van der Waals surface area contributed by atoms with Gasteiger partial charge >= 0.3 is 5.97 Å². The Morgan fingerprint density at radius 1 is 1.38 bits per heavy atom. The Hall–Kier alpha value is -0.920. The van der Waals surface area contributed by atoms with Gasteiger partial charge in [-0.1, -0.05) is 12.1 Å². The Kier molecular flexibility index (Phi) is 4.33. The molecule has 0 amide bonds. The highest BCUT2D eigenvalue weighted by Gasteiger charge is 2.36. The summed E-state index contributed by atoms with van der Waals surface area (Å²) in [5.74, 6) is -0.758. The molecule has 2 unspecified atom stereocenters. The first-order chi connectivity index (χ1) is 10.1. The molecule has 1 N–H and O–H groups in total. The van der Waals surface area contributed by atoms with E-state index in [9.17, 15) is 9.90 Å². The first-order valence-electron chi connectivity index (χ1n) is 6.88. The van der Waals surface area contributed by atoms with Gasteiger partial charge in [0.1, 0.15) is 6.04 Å². The Morgan fingerprint density at radius 2 is 2.10 bits per heavy atom. The van der Waals surface area contributed by atoms with E-state index < -0.39 is 12.0 Å². The van der Waals surface area contributed by atoms with Crippen LogP contribution in [0.5, 0.6) is 0 Å². The summed E-state index contributed by atoms with van der Waals surface area (Å²) in [7, 11) is 0. The standard InChI is InChI=1S/C16H16INO2S/c1-10(11-2-4-12(17)5-3-11)18-8-6-14-13(7-9-21-14)15(18)16(19)20/h2-5,7,9-10,15H,6,8H2,1H3,(H,19,20). The van der Waals surface area contributed by atoms with E-state index in [0.29, 0.717) is 0 Å². The van der Waals surface area contributed by atoms with Crippen LogP contribution < -0.4 is 0 Å². The van der Waals surface area contributed by atoms with Gasteiger partial charge in [0.05, 0.1) is 0 Å². The minimum absolute atomic E-state index is 0.0937. The van der Waals surface area contributed by atoms with Crippen molar-refractivity contribution in [3.8, 4) is 0 Å². The van der Waals surface area contributed by atoms with Crippen molar-refractivity contribution in [1.29, 1.82) is 0 Å². The van der Waals surface area contributed by atoms with Crippen LogP contribution in [0.2, 0.25) is 0 Å². The molecule has 0 spiro atoms. The molecule has 0 aliphatic carbocycles. The summed E-state index contributed by atoms with van der Waals surface area (Å²) in [6.07, 6.45) is 0.936. The normalized spacial score (nSPS) is 20.0. The van der Waals surface area contributed by atoms with Crippen molar-refractivity contribution in [2.45, 2.75) is 25.4 Å². The Morgan fingerprint density at radius 3 is 2.76 bits per heavy atom. The van der Waals surface area contributed by atoms with Gasteiger partial charge in [-0.15, -0.1) is 11.3 Å². The molecule has 3 nitrogen and oxygen atoms in total. The molecular formula is C16H16INO2S. The van der Waals surface area contributed by atoms with Crippen molar-refractivity contribution < 1.29 is 9.90 Å². The van der Waals surface area contributed by atoms with Gasteiger partial charge in [0.15, 0.2) is 0 Å². The molecule has 2 heterocycles. The molecule has 110 valence electrons. The number of benzene rings is 1. The smallest absolute Gasteiger partial charge is 0.325 e. The summed E-state index contributed by atoms with van der Waals surface area (Å²) < 4.78 is 1.19. The number of fused-ring (bicyclic) bond motifs is 1. The first-order valence-corrected chi connectivity index (χ1v) is 8.84. The van der Waals surface area contributed by atoms with Crippen molar-refractivity contribution in [3.63, 3.8) is 0 Å². The molecule has 5 heteroatoms. The lowest BCUT2D eigenvalue weighted by Gasteiger charge is -2.37. The monoisotopic (exact) mass is 413 g/mol. The number of aliphatic carboxylic acids is 1. The van der Waals surface area contributed by atoms with Gasteiger partial charge in [0.25, 0.3) is 0 Å². The molecule has 0 saturated heterocycles. The van der Waals surface area contributed by atoms with Crippen LogP contribution in [-0.4, -0.2) is 22.5 Å². The maximum absolute atomic E-state index is 11.8. The van der Waals surface area contributed by atoms with Crippen LogP contribution in [0.15, 0.2) is 35.7 Å². The average Bonchev–Trinajstić information content (AvgIpc) is 2.94. The maximum atomic E-state index is 11.8. The van der Waals surface area contributed by atoms with Crippen LogP contribution in [0.4, 0.5) is 0 Å². The maximum Gasteiger partial charge on any atom is 0.325 e. The van der Waals surface area contributed by atoms with E-state index in [1.165, 1.54) is 14.0 Å². The van der Waals surface area contributed by atoms with Gasteiger partial charge in [-0.05, 0) is 70.6 Å². The molecule has 1 aromatic carbocycles. The molecule has 21 heavy (non-hydrogen) atoms. The lowest BCUT2D eigenvalue weighted by molar-refractivity contribution is -0.145. The van der Waals surface area contributed by atoms with Crippen molar-refractivity contribution in [2.75, 3.05) is 6.54 Å². The molecule has 3 rings (SSSR count). The highest BCUT2D eigenvalue weighted by atomic mass is 127. The van der Waals surface area contributed by atoms with Crippen LogP contribution in [0.3, 0.4) is 0 Å². The summed E-state index contributed by atoms with van der Waals surface area (Å²) in [4.78, 5) is 15.1. The predicted octanol–water partition coefficient (Wildman–Crippen LogP) is 4.10. The quantitative estimate of drug-likeness (QED) is 0.771. The van der Waals surface area contributed by atoms with Crippen LogP contribution >= 0.6 is 33.9 Å². The topological polar surface area (TPSA) is 40.5 Å². The second kappa shape index (κ2) is 6.06. The molecule has 0 fully saturated rings. The predicted molar refractivity (Wildman–Crippen MR) is 92.7 cm³/mol. The summed E-state index contributed by atoms with van der Waals surface area (Å²) in [5.41, 5.74) is 2.14. The summed E-state index contributed by atoms with van der Waals surface area (Å²) in [6, 6.07) is 9.85. The number of halogens is 1. The number of nitrogens with zero attached hydrogens (tertiary/aromatic N) is 1. The van der Waals surface area contributed by atoms with E-state index >= 15 is 0 Å². The SMILES string of the molecule is CC(c1ccc(I)cc1)N1CCc2sccc2C1C(=O)O. The van der Waals surface area contributed by atoms with Gasteiger partial charge in [-0.3, -0.25) is 9.69 Å². The summed E-state index contributed by atoms with van der Waals surface area (Å²) in [5, 5.41) is 11.7. The van der Waals surface area contributed by atoms with Crippen LogP contribution in [0.1, 0.15) is 35.0 Å². The Bertz CT molecular complexity index is 653. The van der Waals surface area contributed by atoms with E-state index in [4.69, 9.17) is 0 Å². The van der Waals surface area contributed by atoms with Crippen LogP contribution in [-0.2, 0) is 11.2 Å². The average molecular weight is 413 g/mol. The number of thiophene rings is 1. The molecule has 1 aromatic heterocycles. The van der Waals surface area contributed by atoms with Gasteiger partial charge in [0, 0.05) is 21.0 Å². The highest BCUT2D eigenvalue weighted by Crippen LogP contribution is 2.38. The second-order valence-electron chi connectivity index (χ2n) is 5.26. The molecular weight excluding hydrogens is 397 g/mol. The number of carbonyl (C=O) groups is 1. The van der Waals surface area contributed by atoms with Gasteiger partial charge in [0.2, 0.25) is 0 Å². The first kappa shape index (κ1) is 15.0. The molecule has 0 radical (unpaired) electrons. The van der Waals surface area contributed by atoms with Crippen LogP contribution in [0.25, 0.3) is 0 Å². The number of carboxylic acids is 1. The zero-order chi connectivity index (χ0) is 15.0. The van der Waals surface area contributed by atoms with Gasteiger partial charge < -0.3 is 5.11 Å². The molecule has 2 atom stereocenters. The Labute approximate surface area is 141 Å². The highest BCUT2D eigenvalue weighted by molar-refractivity contribution is 14.1. The Balaban J connectivity index is 1.94. The molecule has 1 aliphatic heterocycles. The zero-order valence-corrected chi connectivity index (χ0v) is 14.6. The fourth-order valence-corrected chi connectivity index (χ4v) is 4.22. The fraction of sp³-hybridized carbons (Fsp3) is 0.312. The second-order valence-corrected chi connectivity index (χ2v) is 7.50. The third-order valence-electron chi connectivity index (χ3n) is 4.09. The number of carboxylic acid groups (broad SMARTS) is 1. The molecule has 0 bridgehead atoms. The van der Waals surface area contributed by atoms with Gasteiger partial charge in [-0.2, -0.15) is 0 Å². The van der Waals surface area contributed by atoms with Crippen molar-refractivity contribution in [2.24, 2.45) is 0 Å². The van der Waals surface area contributed by atoms with E-state index in [2.05, 4.69) is 58.7 Å². The summed E-state index contributed by atoms with van der Waals surface area (Å²) >= 11 is 3.95. The third-order valence-corrected chi connectivity index (χ3v) is 5.80. The number of hydrogen-bond donors (Lipinski definition) is 1. The van der Waals surface area contributed by atoms with Crippen LogP contribution in [0, 0.1) is 3.57 Å². The molecule has 2 aromatic rings. The van der Waals surface area contributed by atoms with E-state index in [0.717, 1.165) is 18.5 Å². The van der Waals surface area contributed by atoms with Gasteiger partial charge in [-0.25, -0.2) is 0 Å². The number of rotatable bonds is 3. The summed E-state index contributed by atoms with van der Waals surface area (Å²) in [6.45, 7) is 2.88. The fourth-order valence-electron chi connectivity index (χ4n) is 2.96. The van der Waals surface area contributed by atoms with E-state index in [-0.39, 0.29) is 6.04 Å². The zero-order valence-electron chi connectivity index (χ0n) is 11.6. The van der Waals surface area contributed by atoms with Crippen molar-refractivity contribution in [3.05, 3.63) is 55.3 Å². The number of hydrogen-bond acceptors (Lipinski definition) is 3. The minimum Gasteiger partial charge on any atom is -0.480 e. The van der Waals surface area contributed by atoms with E-state index in [1.54, 1.807) is 11.3 Å². The third kappa shape index (κ3) is 2.86. The van der Waals surface area contributed by atoms with E-state index in [1.807, 2.05) is 11.4 Å². The minimum atomic E-state index is -0.758. The lowest BCUT2D eigenvalue weighted by Crippen LogP contribution is -2.40. The molecule has 0 saturated carbocycles. The van der Waals surface area contributed by atoms with Crippen molar-refractivity contribution >= 4 is 39.9 Å². The van der Waals surface area contributed by atoms with Crippen molar-refractivity contribution in [1.82, 2.24) is 4.90 Å². The molecule has 1 aliphatic rings. The largest absolute Gasteiger partial charge is 0.480 e. The lowest BCUT2D eigenvalue weighted by atomic mass is 9.96.